The predicted molar refractivity (Wildman–Crippen MR) is 116 cm³/mol. The Kier molecular flexibility index (Phi) is 4.44. The van der Waals surface area contributed by atoms with E-state index in [2.05, 4.69) is 10.4 Å². The molecule has 0 spiro atoms. The molecule has 2 N–H and O–H groups in total. The zero-order valence-electron chi connectivity index (χ0n) is 16.0. The minimum atomic E-state index is -0.992. The summed E-state index contributed by atoms with van der Waals surface area (Å²) < 4.78 is 1.76. The Labute approximate surface area is 178 Å². The summed E-state index contributed by atoms with van der Waals surface area (Å²) in [5.74, 6) is 0. The second-order valence-electron chi connectivity index (χ2n) is 7.54. The molecule has 0 bridgehead atoms. The third-order valence-corrected chi connectivity index (χ3v) is 5.96. The van der Waals surface area contributed by atoms with Crippen molar-refractivity contribution in [3.63, 3.8) is 0 Å². The number of carbonyl (C=O) groups is 1. The van der Waals surface area contributed by atoms with Crippen LogP contribution in [0.25, 0.3) is 28.2 Å². The zero-order valence-corrected chi connectivity index (χ0v) is 16.8. The molecule has 2 aromatic carbocycles. The molecule has 0 saturated heterocycles. The van der Waals surface area contributed by atoms with Gasteiger partial charge in [-0.05, 0) is 37.0 Å². The van der Waals surface area contributed by atoms with Crippen LogP contribution in [0.2, 0.25) is 5.15 Å². The van der Waals surface area contributed by atoms with Crippen molar-refractivity contribution < 1.29 is 9.90 Å². The number of amides is 1. The first kappa shape index (κ1) is 18.6. The topological polar surface area (TPSA) is 79.5 Å². The number of nitrogens with one attached hydrogen (secondary N) is 1. The quantitative estimate of drug-likeness (QED) is 0.467. The summed E-state index contributed by atoms with van der Waals surface area (Å²) in [5.41, 5.74) is 4.79. The van der Waals surface area contributed by atoms with E-state index in [4.69, 9.17) is 16.6 Å². The van der Waals surface area contributed by atoms with Crippen molar-refractivity contribution in [3.05, 3.63) is 77.4 Å². The number of hydrogen-bond donors (Lipinski definition) is 2. The van der Waals surface area contributed by atoms with Crippen molar-refractivity contribution in [1.82, 2.24) is 19.9 Å². The lowest BCUT2D eigenvalue weighted by Gasteiger charge is -2.42. The summed E-state index contributed by atoms with van der Waals surface area (Å²) in [7, 11) is 0. The average molecular weight is 419 g/mol. The molecule has 1 aliphatic rings. The Morgan fingerprint density at radius 1 is 1.00 bits per heavy atom. The first-order chi connectivity index (χ1) is 14.6. The maximum Gasteiger partial charge on any atom is 0.405 e. The second-order valence-corrected chi connectivity index (χ2v) is 7.93. The Morgan fingerprint density at radius 3 is 2.37 bits per heavy atom. The molecule has 4 aromatic rings. The van der Waals surface area contributed by atoms with Gasteiger partial charge in [-0.15, -0.1) is 0 Å². The molecule has 150 valence electrons. The number of imidazole rings is 1. The van der Waals surface area contributed by atoms with Crippen molar-refractivity contribution in [2.45, 2.75) is 24.8 Å². The lowest BCUT2D eigenvalue weighted by atomic mass is 9.72. The average Bonchev–Trinajstić information content (AvgIpc) is 3.10. The number of nitrogens with zero attached hydrogens (tertiary/aromatic N) is 3. The van der Waals surface area contributed by atoms with Crippen LogP contribution in [0, 0.1) is 0 Å². The lowest BCUT2D eigenvalue weighted by molar-refractivity contribution is 0.144. The monoisotopic (exact) mass is 418 g/mol. The van der Waals surface area contributed by atoms with Crippen molar-refractivity contribution in [2.24, 2.45) is 0 Å². The molecule has 0 aliphatic heterocycles. The normalized spacial score (nSPS) is 15.0. The Hall–Kier alpha value is -3.38. The van der Waals surface area contributed by atoms with Gasteiger partial charge in [-0.3, -0.25) is 0 Å². The van der Waals surface area contributed by atoms with Crippen molar-refractivity contribution >= 4 is 23.3 Å². The minimum absolute atomic E-state index is 0.394. The van der Waals surface area contributed by atoms with Crippen LogP contribution in [0.15, 0.2) is 66.7 Å². The van der Waals surface area contributed by atoms with Gasteiger partial charge < -0.3 is 10.4 Å². The predicted octanol–water partition coefficient (Wildman–Crippen LogP) is 5.36. The van der Waals surface area contributed by atoms with Crippen molar-refractivity contribution in [3.8, 4) is 22.5 Å². The summed E-state index contributed by atoms with van der Waals surface area (Å²) in [4.78, 5) is 16.1. The zero-order chi connectivity index (χ0) is 20.7. The molecule has 7 heteroatoms. The minimum Gasteiger partial charge on any atom is -0.465 e. The summed E-state index contributed by atoms with van der Waals surface area (Å²) in [5, 5.41) is 16.8. The van der Waals surface area contributed by atoms with Gasteiger partial charge in [0.05, 0.1) is 11.2 Å². The molecule has 5 rings (SSSR count). The third-order valence-electron chi connectivity index (χ3n) is 5.76. The van der Waals surface area contributed by atoms with Gasteiger partial charge in [0.15, 0.2) is 5.65 Å². The third kappa shape index (κ3) is 3.09. The van der Waals surface area contributed by atoms with Crippen LogP contribution in [0.3, 0.4) is 0 Å². The van der Waals surface area contributed by atoms with Gasteiger partial charge in [0, 0.05) is 11.1 Å². The number of halogens is 1. The molecule has 2 heterocycles. The molecule has 0 radical (unpaired) electrons. The van der Waals surface area contributed by atoms with Crippen LogP contribution in [-0.2, 0) is 5.54 Å². The van der Waals surface area contributed by atoms with Gasteiger partial charge in [0.1, 0.15) is 10.8 Å². The summed E-state index contributed by atoms with van der Waals surface area (Å²) >= 11 is 6.15. The molecule has 1 amide bonds. The Balaban J connectivity index is 1.62. The number of benzene rings is 2. The molecule has 0 atom stereocenters. The highest BCUT2D eigenvalue weighted by Crippen LogP contribution is 2.42. The van der Waals surface area contributed by atoms with E-state index >= 15 is 0 Å². The molecular formula is C23H19ClN4O2. The smallest absolute Gasteiger partial charge is 0.405 e. The highest BCUT2D eigenvalue weighted by Gasteiger charge is 2.40. The number of fused-ring (bicyclic) bond motifs is 1. The van der Waals surface area contributed by atoms with E-state index in [1.54, 1.807) is 10.6 Å². The van der Waals surface area contributed by atoms with Crippen LogP contribution >= 0.6 is 11.6 Å². The molecular weight excluding hydrogens is 400 g/mol. The second kappa shape index (κ2) is 7.15. The van der Waals surface area contributed by atoms with Gasteiger partial charge in [-0.1, -0.05) is 66.2 Å². The van der Waals surface area contributed by atoms with Gasteiger partial charge in [0.25, 0.3) is 0 Å². The van der Waals surface area contributed by atoms with Gasteiger partial charge >= 0.3 is 6.09 Å². The van der Waals surface area contributed by atoms with Crippen LogP contribution in [-0.4, -0.2) is 25.8 Å². The molecule has 30 heavy (non-hydrogen) atoms. The Morgan fingerprint density at radius 2 is 1.73 bits per heavy atom. The van der Waals surface area contributed by atoms with Crippen molar-refractivity contribution in [1.29, 1.82) is 0 Å². The molecule has 2 aromatic heterocycles. The van der Waals surface area contributed by atoms with E-state index in [1.165, 1.54) is 0 Å². The van der Waals surface area contributed by atoms with E-state index in [0.29, 0.717) is 10.8 Å². The molecule has 1 saturated carbocycles. The summed E-state index contributed by atoms with van der Waals surface area (Å²) in [6.07, 6.45) is 1.64. The number of hydrogen-bond acceptors (Lipinski definition) is 3. The van der Waals surface area contributed by atoms with E-state index in [1.807, 2.05) is 60.7 Å². The first-order valence-electron chi connectivity index (χ1n) is 9.78. The molecule has 0 unspecified atom stereocenters. The fraction of sp³-hybridized carbons (Fsp3) is 0.174. The van der Waals surface area contributed by atoms with Crippen LogP contribution < -0.4 is 5.32 Å². The Bertz CT molecular complexity index is 1230. The number of rotatable bonds is 4. The maximum absolute atomic E-state index is 11.3. The molecule has 6 nitrogen and oxygen atoms in total. The largest absolute Gasteiger partial charge is 0.465 e. The summed E-state index contributed by atoms with van der Waals surface area (Å²) in [6.45, 7) is 0. The van der Waals surface area contributed by atoms with E-state index in [9.17, 15) is 9.90 Å². The fourth-order valence-electron chi connectivity index (χ4n) is 4.14. The van der Waals surface area contributed by atoms with Gasteiger partial charge in [-0.2, -0.15) is 5.10 Å². The van der Waals surface area contributed by atoms with E-state index < -0.39 is 11.6 Å². The summed E-state index contributed by atoms with van der Waals surface area (Å²) in [6, 6.07) is 21.5. The molecule has 1 fully saturated rings. The first-order valence-corrected chi connectivity index (χ1v) is 10.2. The van der Waals surface area contributed by atoms with E-state index in [0.717, 1.165) is 47.3 Å². The van der Waals surface area contributed by atoms with E-state index in [-0.39, 0.29) is 0 Å². The highest BCUT2D eigenvalue weighted by atomic mass is 35.5. The maximum atomic E-state index is 11.3. The molecule has 1 aliphatic carbocycles. The number of aromatic nitrogens is 3. The van der Waals surface area contributed by atoms with Gasteiger partial charge in [0.2, 0.25) is 0 Å². The highest BCUT2D eigenvalue weighted by molar-refractivity contribution is 6.29. The van der Waals surface area contributed by atoms with Crippen LogP contribution in [0.4, 0.5) is 4.79 Å². The number of carboxylic acid groups (broad SMARTS) is 1. The van der Waals surface area contributed by atoms with Crippen LogP contribution in [0.1, 0.15) is 24.8 Å². The lowest BCUT2D eigenvalue weighted by Crippen LogP contribution is -2.50. The fourth-order valence-corrected chi connectivity index (χ4v) is 4.27. The SMILES string of the molecule is O=C(O)NC1(c2ccc(-c3nc4ccc(Cl)nn4c3-c3ccccc3)cc2)CCC1. The van der Waals surface area contributed by atoms with Gasteiger partial charge in [-0.25, -0.2) is 14.3 Å². The van der Waals surface area contributed by atoms with Crippen LogP contribution in [0.5, 0.6) is 0 Å². The van der Waals surface area contributed by atoms with Crippen molar-refractivity contribution in [2.75, 3.05) is 0 Å². The standard InChI is InChI=1S/C23H19ClN4O2/c24-18-11-12-19-25-20(21(28(19)27-18)16-5-2-1-3-6-16)15-7-9-17(10-8-15)23(13-4-14-23)26-22(29)30/h1-3,5-12,26H,4,13-14H2,(H,29,30).